The maximum atomic E-state index is 12.1. The van der Waals surface area contributed by atoms with Crippen LogP contribution in [0.3, 0.4) is 0 Å². The molecule has 2 aromatic carbocycles. The molecule has 0 aromatic heterocycles. The van der Waals surface area contributed by atoms with Gasteiger partial charge in [-0.1, -0.05) is 47.5 Å². The molecule has 110 valence electrons. The van der Waals surface area contributed by atoms with Gasteiger partial charge in [0, 0.05) is 0 Å². The highest BCUT2D eigenvalue weighted by Gasteiger charge is 2.30. The van der Waals surface area contributed by atoms with Gasteiger partial charge in [-0.15, -0.1) is 0 Å². The predicted molar refractivity (Wildman–Crippen MR) is 85.9 cm³/mol. The van der Waals surface area contributed by atoms with Gasteiger partial charge in [0.2, 0.25) is 0 Å². The number of halogens is 2. The first-order chi connectivity index (χ1) is 9.99. The Bertz CT molecular complexity index is 790. The highest BCUT2D eigenvalue weighted by molar-refractivity contribution is 7.91. The molecule has 0 saturated heterocycles. The molecular formula is C15H13Cl2NO2S. The Morgan fingerprint density at radius 3 is 2.62 bits per heavy atom. The smallest absolute Gasteiger partial charge is 0.178 e. The van der Waals surface area contributed by atoms with E-state index in [0.717, 1.165) is 5.56 Å². The summed E-state index contributed by atoms with van der Waals surface area (Å²) < 4.78 is 24.2. The topological polar surface area (TPSA) is 46.2 Å². The third-order valence-electron chi connectivity index (χ3n) is 3.59. The minimum atomic E-state index is -3.18. The van der Waals surface area contributed by atoms with Crippen LogP contribution in [0.4, 0.5) is 5.69 Å². The Labute approximate surface area is 133 Å². The zero-order valence-corrected chi connectivity index (χ0v) is 13.3. The summed E-state index contributed by atoms with van der Waals surface area (Å²) in [5.74, 6) is 0.125. The quantitative estimate of drug-likeness (QED) is 0.884. The van der Waals surface area contributed by atoms with Crippen LogP contribution in [0.15, 0.2) is 47.4 Å². The molecule has 3 nitrogen and oxygen atoms in total. The Kier molecular flexibility index (Phi) is 3.86. The Morgan fingerprint density at radius 2 is 1.81 bits per heavy atom. The number of hydrogen-bond acceptors (Lipinski definition) is 3. The Hall–Kier alpha value is -1.23. The van der Waals surface area contributed by atoms with Crippen LogP contribution in [-0.4, -0.2) is 14.2 Å². The van der Waals surface area contributed by atoms with Gasteiger partial charge in [-0.05, 0) is 30.2 Å². The van der Waals surface area contributed by atoms with Crippen LogP contribution < -0.4 is 5.32 Å². The van der Waals surface area contributed by atoms with Gasteiger partial charge < -0.3 is 5.32 Å². The van der Waals surface area contributed by atoms with E-state index in [1.807, 2.05) is 24.3 Å². The molecule has 0 radical (unpaired) electrons. The van der Waals surface area contributed by atoms with Crippen molar-refractivity contribution in [1.82, 2.24) is 0 Å². The summed E-state index contributed by atoms with van der Waals surface area (Å²) in [7, 11) is -3.18. The average molecular weight is 342 g/mol. The number of nitrogens with one attached hydrogen (secondary N) is 1. The van der Waals surface area contributed by atoms with Crippen LogP contribution in [0.2, 0.25) is 10.0 Å². The Morgan fingerprint density at radius 1 is 1.05 bits per heavy atom. The lowest BCUT2D eigenvalue weighted by molar-refractivity contribution is 0.576. The summed E-state index contributed by atoms with van der Waals surface area (Å²) in [5.41, 5.74) is 1.49. The van der Waals surface area contributed by atoms with Gasteiger partial charge in [-0.2, -0.15) is 0 Å². The predicted octanol–water partition coefficient (Wildman–Crippen LogP) is 4.32. The SMILES string of the molecule is O=S1(=O)CCC(Nc2cccc(Cl)c2Cl)c2ccccc21. The van der Waals surface area contributed by atoms with Crippen LogP contribution in [0.5, 0.6) is 0 Å². The number of hydrogen-bond donors (Lipinski definition) is 1. The van der Waals surface area contributed by atoms with E-state index in [2.05, 4.69) is 5.32 Å². The molecule has 1 heterocycles. The molecule has 0 fully saturated rings. The molecule has 6 heteroatoms. The van der Waals surface area contributed by atoms with Crippen molar-refractivity contribution in [2.45, 2.75) is 17.4 Å². The first kappa shape index (κ1) is 14.7. The molecule has 0 bridgehead atoms. The van der Waals surface area contributed by atoms with Gasteiger partial charge in [-0.3, -0.25) is 0 Å². The highest BCUT2D eigenvalue weighted by atomic mass is 35.5. The maximum Gasteiger partial charge on any atom is 0.178 e. The van der Waals surface area contributed by atoms with Crippen LogP contribution >= 0.6 is 23.2 Å². The largest absolute Gasteiger partial charge is 0.377 e. The van der Waals surface area contributed by atoms with Gasteiger partial charge in [0.15, 0.2) is 9.84 Å². The monoisotopic (exact) mass is 341 g/mol. The number of rotatable bonds is 2. The third-order valence-corrected chi connectivity index (χ3v) is 6.22. The van der Waals surface area contributed by atoms with E-state index >= 15 is 0 Å². The molecule has 21 heavy (non-hydrogen) atoms. The van der Waals surface area contributed by atoms with Crippen molar-refractivity contribution < 1.29 is 8.42 Å². The summed E-state index contributed by atoms with van der Waals surface area (Å²) >= 11 is 12.2. The van der Waals surface area contributed by atoms with E-state index in [0.29, 0.717) is 27.0 Å². The van der Waals surface area contributed by atoms with E-state index < -0.39 is 9.84 Å². The second kappa shape index (κ2) is 5.52. The minimum Gasteiger partial charge on any atom is -0.377 e. The van der Waals surface area contributed by atoms with Gasteiger partial charge in [0.25, 0.3) is 0 Å². The highest BCUT2D eigenvalue weighted by Crippen LogP contribution is 2.37. The van der Waals surface area contributed by atoms with E-state index in [4.69, 9.17) is 23.2 Å². The van der Waals surface area contributed by atoms with E-state index in [9.17, 15) is 8.42 Å². The van der Waals surface area contributed by atoms with Gasteiger partial charge in [0.05, 0.1) is 32.4 Å². The molecular weight excluding hydrogens is 329 g/mol. The van der Waals surface area contributed by atoms with Crippen molar-refractivity contribution in [2.75, 3.05) is 11.1 Å². The fourth-order valence-corrected chi connectivity index (χ4v) is 4.52. The van der Waals surface area contributed by atoms with Crippen molar-refractivity contribution in [2.24, 2.45) is 0 Å². The average Bonchev–Trinajstić information content (AvgIpc) is 2.47. The third kappa shape index (κ3) is 2.76. The van der Waals surface area contributed by atoms with E-state index in [1.54, 1.807) is 18.2 Å². The molecule has 1 atom stereocenters. The van der Waals surface area contributed by atoms with E-state index in [-0.39, 0.29) is 11.8 Å². The molecule has 0 saturated carbocycles. The summed E-state index contributed by atoms with van der Waals surface area (Å²) in [6, 6.07) is 12.3. The van der Waals surface area contributed by atoms with Gasteiger partial charge in [-0.25, -0.2) is 8.42 Å². The fraction of sp³-hybridized carbons (Fsp3) is 0.200. The molecule has 2 aromatic rings. The number of sulfone groups is 1. The summed E-state index contributed by atoms with van der Waals surface area (Å²) in [6.45, 7) is 0. The molecule has 0 aliphatic carbocycles. The molecule has 1 N–H and O–H groups in total. The summed E-state index contributed by atoms with van der Waals surface area (Å²) in [4.78, 5) is 0.395. The molecule has 1 unspecified atom stereocenters. The fourth-order valence-electron chi connectivity index (χ4n) is 2.54. The van der Waals surface area contributed by atoms with Crippen LogP contribution in [0.1, 0.15) is 18.0 Å². The van der Waals surface area contributed by atoms with Crippen molar-refractivity contribution in [1.29, 1.82) is 0 Å². The second-order valence-corrected chi connectivity index (χ2v) is 7.81. The maximum absolute atomic E-state index is 12.1. The van der Waals surface area contributed by atoms with Crippen molar-refractivity contribution in [3.8, 4) is 0 Å². The first-order valence-electron chi connectivity index (χ1n) is 6.51. The van der Waals surface area contributed by atoms with Crippen molar-refractivity contribution in [3.63, 3.8) is 0 Å². The van der Waals surface area contributed by atoms with Crippen LogP contribution in [-0.2, 0) is 9.84 Å². The lowest BCUT2D eigenvalue weighted by Crippen LogP contribution is -2.24. The zero-order valence-electron chi connectivity index (χ0n) is 11.0. The molecule has 1 aliphatic rings. The number of benzene rings is 2. The Balaban J connectivity index is 2.00. The standard InChI is InChI=1S/C15H13Cl2NO2S/c16-11-5-3-6-13(15(11)17)18-12-8-9-21(19,20)14-7-2-1-4-10(12)14/h1-7,12,18H,8-9H2. The molecule has 0 amide bonds. The number of fused-ring (bicyclic) bond motifs is 1. The van der Waals surface area contributed by atoms with Gasteiger partial charge in [0.1, 0.15) is 0 Å². The zero-order chi connectivity index (χ0) is 15.0. The van der Waals surface area contributed by atoms with E-state index in [1.165, 1.54) is 0 Å². The van der Waals surface area contributed by atoms with Crippen LogP contribution in [0, 0.1) is 0 Å². The lowest BCUT2D eigenvalue weighted by Gasteiger charge is -2.27. The van der Waals surface area contributed by atoms with Crippen LogP contribution in [0.25, 0.3) is 0 Å². The normalized spacial score (nSPS) is 19.8. The molecule has 1 aliphatic heterocycles. The van der Waals surface area contributed by atoms with Crippen molar-refractivity contribution in [3.05, 3.63) is 58.1 Å². The number of anilines is 1. The summed E-state index contributed by atoms with van der Waals surface area (Å²) in [6.07, 6.45) is 0.502. The first-order valence-corrected chi connectivity index (χ1v) is 8.92. The summed E-state index contributed by atoms with van der Waals surface area (Å²) in [5, 5.41) is 4.22. The molecule has 0 spiro atoms. The molecule has 3 rings (SSSR count). The van der Waals surface area contributed by atoms with Crippen molar-refractivity contribution >= 4 is 38.7 Å². The van der Waals surface area contributed by atoms with Gasteiger partial charge >= 0.3 is 0 Å². The second-order valence-electron chi connectivity index (χ2n) is 4.94. The lowest BCUT2D eigenvalue weighted by atomic mass is 10.0. The minimum absolute atomic E-state index is 0.0966.